The third-order valence-electron chi connectivity index (χ3n) is 7.00. The fraction of sp³-hybridized carbons (Fsp3) is 0.250. The zero-order chi connectivity index (χ0) is 23.4. The number of halogens is 2. The van der Waals surface area contributed by atoms with Gasteiger partial charge in [-0.05, 0) is 61.2 Å². The van der Waals surface area contributed by atoms with E-state index < -0.39 is 5.41 Å². The molecule has 2 N–H and O–H groups in total. The van der Waals surface area contributed by atoms with Crippen molar-refractivity contribution in [3.63, 3.8) is 0 Å². The smallest absolute Gasteiger partial charge is 0.255 e. The number of benzene rings is 2. The van der Waals surface area contributed by atoms with Gasteiger partial charge in [0.2, 0.25) is 11.9 Å². The number of imidazole rings is 1. The average molecular weight is 495 g/mol. The summed E-state index contributed by atoms with van der Waals surface area (Å²) in [4.78, 5) is 35.9. The summed E-state index contributed by atoms with van der Waals surface area (Å²) >= 11 is 12.5. The maximum absolute atomic E-state index is 13.3. The molecule has 2 aromatic carbocycles. The van der Waals surface area contributed by atoms with E-state index in [4.69, 9.17) is 23.2 Å². The summed E-state index contributed by atoms with van der Waals surface area (Å²) in [6.07, 6.45) is 5.12. The van der Waals surface area contributed by atoms with Crippen LogP contribution >= 0.6 is 23.2 Å². The lowest BCUT2D eigenvalue weighted by molar-refractivity contribution is -0.132. The first kappa shape index (κ1) is 21.2. The highest BCUT2D eigenvalue weighted by molar-refractivity contribution is 6.34. The predicted octanol–water partition coefficient (Wildman–Crippen LogP) is 4.55. The minimum Gasteiger partial charge on any atom is -0.337 e. The first-order valence-corrected chi connectivity index (χ1v) is 11.7. The number of anilines is 1. The zero-order valence-electron chi connectivity index (χ0n) is 18.0. The van der Waals surface area contributed by atoms with Gasteiger partial charge in [0.25, 0.3) is 5.91 Å². The Balaban J connectivity index is 1.20. The number of H-pyrrole nitrogens is 1. The summed E-state index contributed by atoms with van der Waals surface area (Å²) in [5, 5.41) is 8.07. The minimum absolute atomic E-state index is 0.109. The van der Waals surface area contributed by atoms with Crippen molar-refractivity contribution in [1.29, 1.82) is 0 Å². The number of aromatic nitrogens is 4. The minimum atomic E-state index is -0.617. The second kappa shape index (κ2) is 7.85. The molecule has 4 aromatic rings. The molecule has 6 rings (SSSR count). The highest BCUT2D eigenvalue weighted by Gasteiger charge is 2.59. The van der Waals surface area contributed by atoms with Crippen molar-refractivity contribution in [2.45, 2.75) is 12.8 Å². The Morgan fingerprint density at radius 3 is 2.79 bits per heavy atom. The molecule has 0 spiro atoms. The van der Waals surface area contributed by atoms with Gasteiger partial charge < -0.3 is 9.88 Å². The van der Waals surface area contributed by atoms with Gasteiger partial charge in [-0.1, -0.05) is 23.2 Å². The molecule has 2 aliphatic rings. The van der Waals surface area contributed by atoms with E-state index >= 15 is 0 Å². The van der Waals surface area contributed by atoms with Crippen LogP contribution in [0.25, 0.3) is 16.7 Å². The fourth-order valence-corrected chi connectivity index (χ4v) is 5.48. The molecule has 172 valence electrons. The molecule has 1 saturated heterocycles. The molecule has 2 fully saturated rings. The Bertz CT molecular complexity index is 1430. The lowest BCUT2D eigenvalue weighted by Crippen LogP contribution is -2.49. The first-order chi connectivity index (χ1) is 16.4. The van der Waals surface area contributed by atoms with Gasteiger partial charge in [0.05, 0.1) is 32.7 Å². The number of likely N-dealkylation sites (tertiary alicyclic amines) is 1. The van der Waals surface area contributed by atoms with Crippen LogP contribution in [0.2, 0.25) is 10.0 Å². The molecule has 10 heteroatoms. The van der Waals surface area contributed by atoms with Gasteiger partial charge in [-0.25, -0.2) is 9.67 Å². The highest BCUT2D eigenvalue weighted by atomic mass is 35.5. The van der Waals surface area contributed by atoms with Crippen molar-refractivity contribution < 1.29 is 9.59 Å². The summed E-state index contributed by atoms with van der Waals surface area (Å²) < 4.78 is 1.68. The van der Waals surface area contributed by atoms with Crippen molar-refractivity contribution in [3.8, 4) is 5.69 Å². The van der Waals surface area contributed by atoms with Crippen molar-refractivity contribution in [1.82, 2.24) is 24.6 Å². The van der Waals surface area contributed by atoms with E-state index in [2.05, 4.69) is 20.4 Å². The van der Waals surface area contributed by atoms with E-state index in [1.165, 1.54) is 0 Å². The monoisotopic (exact) mass is 494 g/mol. The van der Waals surface area contributed by atoms with Crippen molar-refractivity contribution in [3.05, 3.63) is 70.5 Å². The molecule has 3 heterocycles. The van der Waals surface area contributed by atoms with Crippen LogP contribution in [-0.2, 0) is 4.79 Å². The summed E-state index contributed by atoms with van der Waals surface area (Å²) in [6.45, 7) is 0.880. The molecule has 1 aliphatic carbocycles. The van der Waals surface area contributed by atoms with Crippen LogP contribution in [0.3, 0.4) is 0 Å². The van der Waals surface area contributed by atoms with Crippen LogP contribution in [0.5, 0.6) is 0 Å². The van der Waals surface area contributed by atoms with Gasteiger partial charge in [-0.15, -0.1) is 0 Å². The Morgan fingerprint density at radius 2 is 2.06 bits per heavy atom. The van der Waals surface area contributed by atoms with Crippen LogP contribution in [0.1, 0.15) is 23.2 Å². The molecule has 2 unspecified atom stereocenters. The predicted molar refractivity (Wildman–Crippen MR) is 129 cm³/mol. The van der Waals surface area contributed by atoms with Gasteiger partial charge in [-0.2, -0.15) is 5.10 Å². The van der Waals surface area contributed by atoms with Crippen LogP contribution in [0.15, 0.2) is 54.9 Å². The molecule has 0 bridgehead atoms. The molecule has 1 saturated carbocycles. The number of carbonyl (C=O) groups is 2. The molecule has 2 aromatic heterocycles. The second-order valence-corrected chi connectivity index (χ2v) is 9.74. The number of hydrogen-bond acceptors (Lipinski definition) is 4. The molecule has 1 aliphatic heterocycles. The van der Waals surface area contributed by atoms with Crippen molar-refractivity contribution in [2.24, 2.45) is 11.3 Å². The molecule has 2 atom stereocenters. The number of fused-ring (bicyclic) bond motifs is 2. The molecular formula is C24H20Cl2N6O2. The van der Waals surface area contributed by atoms with Crippen LogP contribution in [0.4, 0.5) is 5.95 Å². The van der Waals surface area contributed by atoms with Crippen LogP contribution in [0, 0.1) is 11.3 Å². The van der Waals surface area contributed by atoms with Gasteiger partial charge in [0.15, 0.2) is 0 Å². The Hall–Kier alpha value is -3.36. The van der Waals surface area contributed by atoms with Gasteiger partial charge in [0.1, 0.15) is 0 Å². The maximum Gasteiger partial charge on any atom is 0.255 e. The van der Waals surface area contributed by atoms with E-state index in [9.17, 15) is 9.59 Å². The van der Waals surface area contributed by atoms with Crippen LogP contribution in [-0.4, -0.2) is 49.6 Å². The molecule has 0 radical (unpaired) electrons. The van der Waals surface area contributed by atoms with E-state index in [1.54, 1.807) is 46.1 Å². The third kappa shape index (κ3) is 3.36. The number of amides is 2. The van der Waals surface area contributed by atoms with E-state index in [0.717, 1.165) is 29.6 Å². The number of aromatic amines is 1. The SMILES string of the molecule is O=C(c1ccc(-n2cccn2)cc1Cl)N1CC2CCC2(C(=O)Nc2nc3ccc(Cl)cc3[nH]2)C1. The largest absolute Gasteiger partial charge is 0.337 e. The quantitative estimate of drug-likeness (QED) is 0.435. The van der Waals surface area contributed by atoms with Crippen molar-refractivity contribution in [2.75, 3.05) is 18.4 Å². The molecule has 34 heavy (non-hydrogen) atoms. The number of nitrogens with zero attached hydrogens (tertiary/aromatic N) is 4. The molecular weight excluding hydrogens is 475 g/mol. The van der Waals surface area contributed by atoms with Gasteiger partial charge >= 0.3 is 0 Å². The van der Waals surface area contributed by atoms with Crippen LogP contribution < -0.4 is 5.32 Å². The van der Waals surface area contributed by atoms with E-state index in [0.29, 0.717) is 34.6 Å². The molecule has 8 nitrogen and oxygen atoms in total. The second-order valence-electron chi connectivity index (χ2n) is 8.89. The number of rotatable bonds is 4. The Kier molecular flexibility index (Phi) is 4.89. The van der Waals surface area contributed by atoms with E-state index in [1.807, 2.05) is 18.3 Å². The Labute approximate surface area is 204 Å². The summed E-state index contributed by atoms with van der Waals surface area (Å²) in [5.74, 6) is 0.197. The fourth-order valence-electron chi connectivity index (χ4n) is 5.05. The van der Waals surface area contributed by atoms with E-state index in [-0.39, 0.29) is 17.7 Å². The third-order valence-corrected chi connectivity index (χ3v) is 7.55. The lowest BCUT2D eigenvalue weighted by atomic mass is 9.61. The number of hydrogen-bond donors (Lipinski definition) is 2. The normalized spacial score (nSPS) is 21.4. The standard InChI is InChI=1S/C24H20Cl2N6O2/c25-15-2-5-19-20(10-15)29-23(28-19)30-22(34)24-7-6-14(24)12-31(13-24)21(33)17-4-3-16(11-18(17)26)32-9-1-8-27-32/h1-5,8-11,14H,6-7,12-13H2,(H2,28,29,30,34). The van der Waals surface area contributed by atoms with Crippen molar-refractivity contribution >= 4 is 52.0 Å². The molecule has 2 amide bonds. The lowest BCUT2D eigenvalue weighted by Gasteiger charge is -2.41. The average Bonchev–Trinajstić information content (AvgIpc) is 3.52. The summed E-state index contributed by atoms with van der Waals surface area (Å²) in [6, 6.07) is 12.4. The topological polar surface area (TPSA) is 95.9 Å². The zero-order valence-corrected chi connectivity index (χ0v) is 19.5. The summed E-state index contributed by atoms with van der Waals surface area (Å²) in [7, 11) is 0. The highest BCUT2D eigenvalue weighted by Crippen LogP contribution is 2.53. The Morgan fingerprint density at radius 1 is 1.18 bits per heavy atom. The summed E-state index contributed by atoms with van der Waals surface area (Å²) in [5.41, 5.74) is 2.05. The number of carbonyl (C=O) groups excluding carboxylic acids is 2. The first-order valence-electron chi connectivity index (χ1n) is 11.0. The number of nitrogens with one attached hydrogen (secondary N) is 2. The van der Waals surface area contributed by atoms with Gasteiger partial charge in [0, 0.05) is 30.5 Å². The maximum atomic E-state index is 13.3. The van der Waals surface area contributed by atoms with Gasteiger partial charge in [-0.3, -0.25) is 14.9 Å².